The minimum atomic E-state index is -0.117. The summed E-state index contributed by atoms with van der Waals surface area (Å²) in [5.41, 5.74) is 2.35. The standard InChI is InChI=1S/C21H21NOS/c1-15-7-11-20(12-8-15)24-16(2)21(23)22-14-17-9-10-18-5-3-4-6-19(18)13-17/h3-13,16H,14H2,1-2H3,(H,22,23). The molecule has 0 heterocycles. The zero-order valence-electron chi connectivity index (χ0n) is 14.0. The first-order valence-electron chi connectivity index (χ1n) is 8.10. The molecule has 0 aliphatic carbocycles. The van der Waals surface area contributed by atoms with Crippen LogP contribution in [0.2, 0.25) is 0 Å². The number of amides is 1. The Labute approximate surface area is 147 Å². The minimum Gasteiger partial charge on any atom is -0.351 e. The molecule has 3 aromatic carbocycles. The number of hydrogen-bond acceptors (Lipinski definition) is 2. The molecule has 0 spiro atoms. The highest BCUT2D eigenvalue weighted by Crippen LogP contribution is 2.23. The van der Waals surface area contributed by atoms with Crippen LogP contribution in [0, 0.1) is 6.92 Å². The zero-order valence-corrected chi connectivity index (χ0v) is 14.8. The normalized spacial score (nSPS) is 12.1. The molecule has 0 fully saturated rings. The van der Waals surface area contributed by atoms with Crippen LogP contribution >= 0.6 is 11.8 Å². The Morgan fingerprint density at radius 1 is 1.00 bits per heavy atom. The molecule has 1 atom stereocenters. The minimum absolute atomic E-state index is 0.0636. The maximum absolute atomic E-state index is 12.3. The van der Waals surface area contributed by atoms with Crippen LogP contribution < -0.4 is 5.32 Å². The summed E-state index contributed by atoms with van der Waals surface area (Å²) in [7, 11) is 0. The second kappa shape index (κ2) is 7.54. The second-order valence-electron chi connectivity index (χ2n) is 5.97. The highest BCUT2D eigenvalue weighted by molar-refractivity contribution is 8.00. The Balaban J connectivity index is 1.58. The molecule has 0 bridgehead atoms. The summed E-state index contributed by atoms with van der Waals surface area (Å²) >= 11 is 1.59. The lowest BCUT2D eigenvalue weighted by atomic mass is 10.1. The number of nitrogens with one attached hydrogen (secondary N) is 1. The zero-order chi connectivity index (χ0) is 16.9. The number of fused-ring (bicyclic) bond motifs is 1. The first-order chi connectivity index (χ1) is 11.6. The van der Waals surface area contributed by atoms with Crippen LogP contribution in [0.3, 0.4) is 0 Å². The van der Waals surface area contributed by atoms with E-state index in [-0.39, 0.29) is 11.2 Å². The average molecular weight is 335 g/mol. The number of thioether (sulfide) groups is 1. The van der Waals surface area contributed by atoms with Crippen LogP contribution in [0.5, 0.6) is 0 Å². The molecule has 0 aliphatic rings. The molecule has 3 aromatic rings. The second-order valence-corrected chi connectivity index (χ2v) is 7.39. The molecule has 1 unspecified atom stereocenters. The first-order valence-corrected chi connectivity index (χ1v) is 8.98. The van der Waals surface area contributed by atoms with Crippen molar-refractivity contribution in [3.8, 4) is 0 Å². The predicted molar refractivity (Wildman–Crippen MR) is 102 cm³/mol. The molecule has 0 saturated heterocycles. The Morgan fingerprint density at radius 2 is 1.71 bits per heavy atom. The fourth-order valence-electron chi connectivity index (χ4n) is 2.56. The molecule has 1 amide bonds. The summed E-state index contributed by atoms with van der Waals surface area (Å²) < 4.78 is 0. The smallest absolute Gasteiger partial charge is 0.233 e. The summed E-state index contributed by atoms with van der Waals surface area (Å²) in [4.78, 5) is 13.4. The number of benzene rings is 3. The van der Waals surface area contributed by atoms with E-state index in [0.29, 0.717) is 6.54 Å². The van der Waals surface area contributed by atoms with Crippen molar-refractivity contribution < 1.29 is 4.79 Å². The van der Waals surface area contributed by atoms with Crippen molar-refractivity contribution in [1.29, 1.82) is 0 Å². The summed E-state index contributed by atoms with van der Waals surface area (Å²) in [6, 6.07) is 22.8. The van der Waals surface area contributed by atoms with Crippen molar-refractivity contribution >= 4 is 28.4 Å². The fraction of sp³-hybridized carbons (Fsp3) is 0.190. The molecule has 122 valence electrons. The molecule has 2 nitrogen and oxygen atoms in total. The van der Waals surface area contributed by atoms with Crippen LogP contribution in [-0.4, -0.2) is 11.2 Å². The highest BCUT2D eigenvalue weighted by atomic mass is 32.2. The predicted octanol–water partition coefficient (Wildman–Crippen LogP) is 4.95. The number of aryl methyl sites for hydroxylation is 1. The van der Waals surface area contributed by atoms with Crippen molar-refractivity contribution in [2.75, 3.05) is 0 Å². The van der Waals surface area contributed by atoms with Crippen molar-refractivity contribution in [1.82, 2.24) is 5.32 Å². The molecule has 3 rings (SSSR count). The Hall–Kier alpha value is -2.26. The molecular weight excluding hydrogens is 314 g/mol. The van der Waals surface area contributed by atoms with Crippen LogP contribution in [-0.2, 0) is 11.3 Å². The van der Waals surface area contributed by atoms with E-state index in [9.17, 15) is 4.79 Å². The van der Waals surface area contributed by atoms with Gasteiger partial charge in [0.05, 0.1) is 5.25 Å². The molecule has 0 radical (unpaired) electrons. The van der Waals surface area contributed by atoms with E-state index in [1.807, 2.05) is 19.1 Å². The van der Waals surface area contributed by atoms with E-state index >= 15 is 0 Å². The molecule has 0 saturated carbocycles. The van der Waals surface area contributed by atoms with Gasteiger partial charge in [0.25, 0.3) is 0 Å². The number of carbonyl (C=O) groups excluding carboxylic acids is 1. The maximum Gasteiger partial charge on any atom is 0.233 e. The number of rotatable bonds is 5. The maximum atomic E-state index is 12.3. The average Bonchev–Trinajstić information content (AvgIpc) is 2.61. The third kappa shape index (κ3) is 4.18. The Kier molecular flexibility index (Phi) is 5.21. The van der Waals surface area contributed by atoms with Crippen LogP contribution in [0.1, 0.15) is 18.1 Å². The van der Waals surface area contributed by atoms with Crippen LogP contribution in [0.4, 0.5) is 0 Å². The van der Waals surface area contributed by atoms with Gasteiger partial charge in [-0.2, -0.15) is 0 Å². The Morgan fingerprint density at radius 3 is 2.46 bits per heavy atom. The van der Waals surface area contributed by atoms with Gasteiger partial charge in [-0.15, -0.1) is 11.8 Å². The third-order valence-corrected chi connectivity index (χ3v) is 5.10. The molecular formula is C21H21NOS. The summed E-state index contributed by atoms with van der Waals surface area (Å²) in [5, 5.41) is 5.34. The van der Waals surface area contributed by atoms with Crippen molar-refractivity contribution in [3.63, 3.8) is 0 Å². The summed E-state index contributed by atoms with van der Waals surface area (Å²) in [6.45, 7) is 4.57. The number of hydrogen-bond donors (Lipinski definition) is 1. The lowest BCUT2D eigenvalue weighted by Gasteiger charge is -2.12. The lowest BCUT2D eigenvalue weighted by Crippen LogP contribution is -2.30. The highest BCUT2D eigenvalue weighted by Gasteiger charge is 2.14. The van der Waals surface area contributed by atoms with Crippen molar-refractivity contribution in [3.05, 3.63) is 77.9 Å². The van der Waals surface area contributed by atoms with Crippen molar-refractivity contribution in [2.45, 2.75) is 30.5 Å². The van der Waals surface area contributed by atoms with Gasteiger partial charge in [-0.25, -0.2) is 0 Å². The van der Waals surface area contributed by atoms with Gasteiger partial charge in [0.15, 0.2) is 0 Å². The van der Waals surface area contributed by atoms with Gasteiger partial charge >= 0.3 is 0 Å². The SMILES string of the molecule is Cc1ccc(SC(C)C(=O)NCc2ccc3ccccc3c2)cc1. The van der Waals surface area contributed by atoms with Gasteiger partial charge in [0.1, 0.15) is 0 Å². The lowest BCUT2D eigenvalue weighted by molar-refractivity contribution is -0.120. The van der Waals surface area contributed by atoms with Gasteiger partial charge < -0.3 is 5.32 Å². The fourth-order valence-corrected chi connectivity index (χ4v) is 3.45. The number of carbonyl (C=O) groups is 1. The van der Waals surface area contributed by atoms with Crippen LogP contribution in [0.25, 0.3) is 10.8 Å². The van der Waals surface area contributed by atoms with E-state index < -0.39 is 0 Å². The van der Waals surface area contributed by atoms with Gasteiger partial charge in [-0.3, -0.25) is 4.79 Å². The first kappa shape index (κ1) is 16.6. The summed E-state index contributed by atoms with van der Waals surface area (Å²) in [6.07, 6.45) is 0. The van der Waals surface area contributed by atoms with E-state index in [0.717, 1.165) is 10.5 Å². The van der Waals surface area contributed by atoms with Gasteiger partial charge in [-0.05, 0) is 48.4 Å². The van der Waals surface area contributed by atoms with Gasteiger partial charge in [0.2, 0.25) is 5.91 Å². The quantitative estimate of drug-likeness (QED) is 0.669. The molecule has 1 N–H and O–H groups in total. The Bertz CT molecular complexity index is 842. The summed E-state index contributed by atoms with van der Waals surface area (Å²) in [5.74, 6) is 0.0636. The van der Waals surface area contributed by atoms with E-state index in [1.165, 1.54) is 16.3 Å². The molecule has 3 heteroatoms. The van der Waals surface area contributed by atoms with Gasteiger partial charge in [-0.1, -0.05) is 54.1 Å². The van der Waals surface area contributed by atoms with Crippen molar-refractivity contribution in [2.24, 2.45) is 0 Å². The molecule has 0 aliphatic heterocycles. The van der Waals surface area contributed by atoms with E-state index in [2.05, 4.69) is 66.8 Å². The van der Waals surface area contributed by atoms with Crippen LogP contribution in [0.15, 0.2) is 71.6 Å². The topological polar surface area (TPSA) is 29.1 Å². The monoisotopic (exact) mass is 335 g/mol. The largest absolute Gasteiger partial charge is 0.351 e. The van der Waals surface area contributed by atoms with E-state index in [4.69, 9.17) is 0 Å². The third-order valence-electron chi connectivity index (χ3n) is 3.98. The molecule has 24 heavy (non-hydrogen) atoms. The van der Waals surface area contributed by atoms with Gasteiger partial charge in [0, 0.05) is 11.4 Å². The van der Waals surface area contributed by atoms with E-state index in [1.54, 1.807) is 11.8 Å². The molecule has 0 aromatic heterocycles.